The molecule has 2 N–H and O–H groups in total. The molecule has 2 amide bonds. The molecule has 0 heterocycles. The van der Waals surface area contributed by atoms with Gasteiger partial charge in [0.15, 0.2) is 11.5 Å². The van der Waals surface area contributed by atoms with Crippen LogP contribution in [0.15, 0.2) is 42.5 Å². The van der Waals surface area contributed by atoms with Gasteiger partial charge >= 0.3 is 6.03 Å². The van der Waals surface area contributed by atoms with Crippen LogP contribution in [0.1, 0.15) is 18.4 Å². The number of carbonyl (C=O) groups is 1. The standard InChI is InChI=1S/C20H24N2O4/c1-24-16-7-5-4-6-15(16)22-19(23)21-13-20(10-11-20)14-8-9-17(25-2)18(12-14)26-3/h4-9,12H,10-11,13H2,1-3H3,(H2,21,22,23). The zero-order chi connectivity index (χ0) is 18.6. The second kappa shape index (κ2) is 7.56. The Bertz CT molecular complexity index is 787. The third kappa shape index (κ3) is 3.69. The minimum absolute atomic E-state index is 0.0440. The fraction of sp³-hybridized carbons (Fsp3) is 0.350. The molecule has 26 heavy (non-hydrogen) atoms. The highest BCUT2D eigenvalue weighted by atomic mass is 16.5. The summed E-state index contributed by atoms with van der Waals surface area (Å²) < 4.78 is 15.9. The lowest BCUT2D eigenvalue weighted by atomic mass is 9.95. The van der Waals surface area contributed by atoms with Gasteiger partial charge in [0.1, 0.15) is 5.75 Å². The normalized spacial score (nSPS) is 14.3. The number of ether oxygens (including phenoxy) is 3. The summed E-state index contributed by atoms with van der Waals surface area (Å²) in [6, 6.07) is 13.0. The number of anilines is 1. The highest BCUT2D eigenvalue weighted by molar-refractivity contribution is 5.91. The molecule has 138 valence electrons. The van der Waals surface area contributed by atoms with Crippen LogP contribution in [-0.2, 0) is 5.41 Å². The van der Waals surface area contributed by atoms with Crippen LogP contribution in [0.25, 0.3) is 0 Å². The molecule has 3 rings (SSSR count). The maximum absolute atomic E-state index is 12.3. The maximum atomic E-state index is 12.3. The molecule has 0 radical (unpaired) electrons. The molecule has 1 saturated carbocycles. The third-order valence-electron chi connectivity index (χ3n) is 4.79. The Morgan fingerprint density at radius 2 is 1.65 bits per heavy atom. The van der Waals surface area contributed by atoms with Gasteiger partial charge in [-0.1, -0.05) is 18.2 Å². The van der Waals surface area contributed by atoms with Crippen molar-refractivity contribution in [3.63, 3.8) is 0 Å². The lowest BCUT2D eigenvalue weighted by Crippen LogP contribution is -2.35. The first-order valence-electron chi connectivity index (χ1n) is 8.52. The number of urea groups is 1. The second-order valence-corrected chi connectivity index (χ2v) is 6.36. The monoisotopic (exact) mass is 356 g/mol. The minimum atomic E-state index is -0.249. The molecule has 2 aromatic rings. The summed E-state index contributed by atoms with van der Waals surface area (Å²) in [5.41, 5.74) is 1.74. The van der Waals surface area contributed by atoms with Crippen molar-refractivity contribution < 1.29 is 19.0 Å². The number of hydrogen-bond acceptors (Lipinski definition) is 4. The van der Waals surface area contributed by atoms with Crippen LogP contribution in [0.5, 0.6) is 17.2 Å². The topological polar surface area (TPSA) is 68.8 Å². The number of benzene rings is 2. The van der Waals surface area contributed by atoms with E-state index in [-0.39, 0.29) is 11.4 Å². The number of hydrogen-bond donors (Lipinski definition) is 2. The third-order valence-corrected chi connectivity index (χ3v) is 4.79. The van der Waals surface area contributed by atoms with Gasteiger partial charge in [-0.15, -0.1) is 0 Å². The van der Waals surface area contributed by atoms with Gasteiger partial charge in [-0.3, -0.25) is 0 Å². The largest absolute Gasteiger partial charge is 0.495 e. The molecule has 0 aliphatic heterocycles. The van der Waals surface area contributed by atoms with Gasteiger partial charge in [0, 0.05) is 12.0 Å². The van der Waals surface area contributed by atoms with Gasteiger partial charge in [0.25, 0.3) is 0 Å². The van der Waals surface area contributed by atoms with Crippen molar-refractivity contribution in [1.29, 1.82) is 0 Å². The molecular formula is C20H24N2O4. The Hall–Kier alpha value is -2.89. The van der Waals surface area contributed by atoms with Crippen LogP contribution in [0.4, 0.5) is 10.5 Å². The lowest BCUT2D eigenvalue weighted by molar-refractivity contribution is 0.251. The van der Waals surface area contributed by atoms with E-state index in [9.17, 15) is 4.79 Å². The van der Waals surface area contributed by atoms with Crippen molar-refractivity contribution in [2.24, 2.45) is 0 Å². The van der Waals surface area contributed by atoms with Crippen molar-refractivity contribution in [1.82, 2.24) is 5.32 Å². The summed E-state index contributed by atoms with van der Waals surface area (Å²) in [6.07, 6.45) is 2.05. The van der Waals surface area contributed by atoms with E-state index in [1.807, 2.05) is 36.4 Å². The number of nitrogens with one attached hydrogen (secondary N) is 2. The van der Waals surface area contributed by atoms with Crippen LogP contribution < -0.4 is 24.8 Å². The summed E-state index contributed by atoms with van der Waals surface area (Å²) in [5.74, 6) is 2.03. The molecule has 2 aromatic carbocycles. The van der Waals surface area contributed by atoms with E-state index in [0.29, 0.717) is 29.5 Å². The Morgan fingerprint density at radius 3 is 2.31 bits per heavy atom. The van der Waals surface area contributed by atoms with Crippen LogP contribution in [0, 0.1) is 0 Å². The molecule has 6 heteroatoms. The average molecular weight is 356 g/mol. The number of methoxy groups -OCH3 is 3. The molecule has 0 atom stereocenters. The van der Waals surface area contributed by atoms with Gasteiger partial charge in [-0.25, -0.2) is 4.79 Å². The van der Waals surface area contributed by atoms with Gasteiger partial charge in [-0.2, -0.15) is 0 Å². The van der Waals surface area contributed by atoms with Crippen LogP contribution in [0.2, 0.25) is 0 Å². The summed E-state index contributed by atoms with van der Waals surface area (Å²) >= 11 is 0. The number of carbonyl (C=O) groups excluding carboxylic acids is 1. The van der Waals surface area contributed by atoms with E-state index in [0.717, 1.165) is 18.4 Å². The van der Waals surface area contributed by atoms with Crippen molar-refractivity contribution in [2.45, 2.75) is 18.3 Å². The zero-order valence-corrected chi connectivity index (χ0v) is 15.3. The fourth-order valence-electron chi connectivity index (χ4n) is 3.05. The van der Waals surface area contributed by atoms with Crippen LogP contribution >= 0.6 is 0 Å². The molecular weight excluding hydrogens is 332 g/mol. The number of amides is 2. The van der Waals surface area contributed by atoms with Crippen molar-refractivity contribution in [3.8, 4) is 17.2 Å². The first kappa shape index (κ1) is 17.9. The zero-order valence-electron chi connectivity index (χ0n) is 15.3. The van der Waals surface area contributed by atoms with Crippen molar-refractivity contribution >= 4 is 11.7 Å². The summed E-state index contributed by atoms with van der Waals surface area (Å²) in [7, 11) is 4.82. The Morgan fingerprint density at radius 1 is 0.962 bits per heavy atom. The van der Waals surface area contributed by atoms with E-state index < -0.39 is 0 Å². The molecule has 1 aliphatic carbocycles. The molecule has 0 unspecified atom stereocenters. The summed E-state index contributed by atoms with van der Waals surface area (Å²) in [5, 5.41) is 5.81. The number of para-hydroxylation sites is 2. The quantitative estimate of drug-likeness (QED) is 0.796. The lowest BCUT2D eigenvalue weighted by Gasteiger charge is -2.19. The fourth-order valence-corrected chi connectivity index (χ4v) is 3.05. The van der Waals surface area contributed by atoms with E-state index in [1.54, 1.807) is 27.4 Å². The first-order valence-corrected chi connectivity index (χ1v) is 8.52. The highest BCUT2D eigenvalue weighted by Gasteiger charge is 2.44. The smallest absolute Gasteiger partial charge is 0.319 e. The van der Waals surface area contributed by atoms with E-state index in [1.165, 1.54) is 0 Å². The van der Waals surface area contributed by atoms with Crippen LogP contribution in [0.3, 0.4) is 0 Å². The predicted molar refractivity (Wildman–Crippen MR) is 100 cm³/mol. The molecule has 0 saturated heterocycles. The van der Waals surface area contributed by atoms with Gasteiger partial charge in [-0.05, 0) is 42.7 Å². The molecule has 1 fully saturated rings. The first-order chi connectivity index (χ1) is 12.6. The molecule has 0 spiro atoms. The highest BCUT2D eigenvalue weighted by Crippen LogP contribution is 2.49. The van der Waals surface area contributed by atoms with Gasteiger partial charge in [0.05, 0.1) is 27.0 Å². The maximum Gasteiger partial charge on any atom is 0.319 e. The van der Waals surface area contributed by atoms with E-state index in [2.05, 4.69) is 10.6 Å². The predicted octanol–water partition coefficient (Wildman–Crippen LogP) is 3.57. The Balaban J connectivity index is 1.65. The van der Waals surface area contributed by atoms with E-state index in [4.69, 9.17) is 14.2 Å². The molecule has 6 nitrogen and oxygen atoms in total. The van der Waals surface area contributed by atoms with E-state index >= 15 is 0 Å². The second-order valence-electron chi connectivity index (χ2n) is 6.36. The van der Waals surface area contributed by atoms with Gasteiger partial charge in [0.2, 0.25) is 0 Å². The van der Waals surface area contributed by atoms with Gasteiger partial charge < -0.3 is 24.8 Å². The molecule has 0 bridgehead atoms. The number of rotatable bonds is 7. The Kier molecular flexibility index (Phi) is 5.21. The summed E-state index contributed by atoms with van der Waals surface area (Å²) in [6.45, 7) is 0.559. The van der Waals surface area contributed by atoms with Crippen molar-refractivity contribution in [3.05, 3.63) is 48.0 Å². The SMILES string of the molecule is COc1ccccc1NC(=O)NCC1(c2ccc(OC)c(OC)c2)CC1. The minimum Gasteiger partial charge on any atom is -0.495 e. The van der Waals surface area contributed by atoms with Crippen LogP contribution in [-0.4, -0.2) is 33.9 Å². The Labute approximate surface area is 153 Å². The molecule has 1 aliphatic rings. The summed E-state index contributed by atoms with van der Waals surface area (Å²) in [4.78, 5) is 12.3. The molecule has 0 aromatic heterocycles. The average Bonchev–Trinajstić information content (AvgIpc) is 3.47. The van der Waals surface area contributed by atoms with Crippen molar-refractivity contribution in [2.75, 3.05) is 33.2 Å².